The molecular weight excluding hydrogens is 250 g/mol. The average Bonchev–Trinajstić information content (AvgIpc) is 2.43. The Kier molecular flexibility index (Phi) is 2.40. The number of aromatic hydroxyl groups is 1. The van der Waals surface area contributed by atoms with Crippen molar-refractivity contribution in [2.75, 3.05) is 13.6 Å². The Bertz CT molecular complexity index is 621. The SMILES string of the molecule is CN1CC[C@]23CC(=O)C=C[C@H]2[C@H]1Cc1ccc(O)cc13. The first kappa shape index (κ1) is 12.2. The zero-order chi connectivity index (χ0) is 13.9. The third kappa shape index (κ3) is 1.47. The van der Waals surface area contributed by atoms with Gasteiger partial charge < -0.3 is 10.0 Å². The number of nitrogens with zero attached hydrogens (tertiary/aromatic N) is 1. The number of phenolic OH excluding ortho intramolecular Hbond substituents is 1. The van der Waals surface area contributed by atoms with Gasteiger partial charge in [-0.25, -0.2) is 0 Å². The van der Waals surface area contributed by atoms with E-state index in [9.17, 15) is 9.90 Å². The number of hydrogen-bond donors (Lipinski definition) is 1. The maximum atomic E-state index is 12.0. The zero-order valence-electron chi connectivity index (χ0n) is 11.7. The minimum atomic E-state index is -0.0880. The van der Waals surface area contributed by atoms with Crippen LogP contribution in [-0.4, -0.2) is 35.4 Å². The maximum absolute atomic E-state index is 12.0. The predicted octanol–water partition coefficient (Wildman–Crippen LogP) is 2.04. The number of carbonyl (C=O) groups is 1. The van der Waals surface area contributed by atoms with Gasteiger partial charge in [0.1, 0.15) is 5.75 Å². The van der Waals surface area contributed by atoms with Crippen molar-refractivity contribution in [1.29, 1.82) is 0 Å². The van der Waals surface area contributed by atoms with Crippen LogP contribution in [-0.2, 0) is 16.6 Å². The van der Waals surface area contributed by atoms with Crippen molar-refractivity contribution in [1.82, 2.24) is 4.90 Å². The van der Waals surface area contributed by atoms with Crippen LogP contribution in [0.2, 0.25) is 0 Å². The van der Waals surface area contributed by atoms with Crippen molar-refractivity contribution in [2.24, 2.45) is 5.92 Å². The molecule has 2 aliphatic carbocycles. The molecule has 1 heterocycles. The number of hydrogen-bond acceptors (Lipinski definition) is 3. The normalized spacial score (nSPS) is 35.5. The van der Waals surface area contributed by atoms with E-state index >= 15 is 0 Å². The molecule has 1 aliphatic heterocycles. The molecule has 1 aromatic rings. The van der Waals surface area contributed by atoms with Crippen molar-refractivity contribution in [2.45, 2.75) is 30.7 Å². The number of likely N-dealkylation sites (N-methyl/N-ethyl adjacent to an activating group) is 1. The fourth-order valence-electron chi connectivity index (χ4n) is 4.57. The summed E-state index contributed by atoms with van der Waals surface area (Å²) in [6.07, 6.45) is 6.49. The van der Waals surface area contributed by atoms with Gasteiger partial charge in [0.05, 0.1) is 0 Å². The molecule has 20 heavy (non-hydrogen) atoms. The van der Waals surface area contributed by atoms with Crippen molar-refractivity contribution >= 4 is 5.78 Å². The van der Waals surface area contributed by atoms with E-state index in [4.69, 9.17) is 0 Å². The molecule has 0 radical (unpaired) electrons. The van der Waals surface area contributed by atoms with Gasteiger partial charge >= 0.3 is 0 Å². The van der Waals surface area contributed by atoms with Gasteiger partial charge in [0, 0.05) is 23.8 Å². The molecule has 1 aromatic carbocycles. The molecule has 4 rings (SSSR count). The van der Waals surface area contributed by atoms with Gasteiger partial charge in [0.25, 0.3) is 0 Å². The number of allylic oxidation sites excluding steroid dienone is 1. The first-order valence-corrected chi connectivity index (χ1v) is 7.34. The smallest absolute Gasteiger partial charge is 0.156 e. The molecule has 3 heteroatoms. The van der Waals surface area contributed by atoms with Crippen LogP contribution in [0.4, 0.5) is 0 Å². The Labute approximate surface area is 118 Å². The summed E-state index contributed by atoms with van der Waals surface area (Å²) in [5.74, 6) is 0.935. The molecule has 1 saturated heterocycles. The fourth-order valence-corrected chi connectivity index (χ4v) is 4.57. The molecule has 3 aliphatic rings. The largest absolute Gasteiger partial charge is 0.508 e. The first-order valence-electron chi connectivity index (χ1n) is 7.34. The number of fused-ring (bicyclic) bond motifs is 1. The van der Waals surface area contributed by atoms with Crippen molar-refractivity contribution in [3.63, 3.8) is 0 Å². The molecule has 0 amide bonds. The lowest BCUT2D eigenvalue weighted by Crippen LogP contribution is -2.59. The van der Waals surface area contributed by atoms with E-state index in [1.54, 1.807) is 12.1 Å². The van der Waals surface area contributed by atoms with Gasteiger partial charge in [0.2, 0.25) is 0 Å². The Morgan fingerprint density at radius 3 is 3.10 bits per heavy atom. The van der Waals surface area contributed by atoms with Crippen molar-refractivity contribution in [3.05, 3.63) is 41.5 Å². The highest BCUT2D eigenvalue weighted by molar-refractivity contribution is 5.92. The van der Waals surface area contributed by atoms with E-state index in [-0.39, 0.29) is 11.2 Å². The highest BCUT2D eigenvalue weighted by Gasteiger charge is 2.53. The van der Waals surface area contributed by atoms with Crippen LogP contribution in [0.3, 0.4) is 0 Å². The fraction of sp³-hybridized carbons (Fsp3) is 0.471. The van der Waals surface area contributed by atoms with E-state index in [0.717, 1.165) is 19.4 Å². The lowest BCUT2D eigenvalue weighted by atomic mass is 9.54. The van der Waals surface area contributed by atoms with E-state index in [2.05, 4.69) is 18.0 Å². The summed E-state index contributed by atoms with van der Waals surface area (Å²) in [7, 11) is 2.18. The lowest BCUT2D eigenvalue weighted by molar-refractivity contribution is -0.118. The van der Waals surface area contributed by atoms with Crippen LogP contribution >= 0.6 is 0 Å². The molecule has 104 valence electrons. The molecule has 3 atom stereocenters. The maximum Gasteiger partial charge on any atom is 0.156 e. The van der Waals surface area contributed by atoms with Gasteiger partial charge in [-0.2, -0.15) is 0 Å². The molecule has 0 aromatic heterocycles. The third-order valence-corrected chi connectivity index (χ3v) is 5.57. The number of phenols is 1. The second-order valence-electron chi connectivity index (χ2n) is 6.53. The summed E-state index contributed by atoms with van der Waals surface area (Å²) in [5.41, 5.74) is 2.43. The molecule has 0 unspecified atom stereocenters. The number of piperidine rings is 1. The van der Waals surface area contributed by atoms with Crippen molar-refractivity contribution < 1.29 is 9.90 Å². The Balaban J connectivity index is 1.96. The summed E-state index contributed by atoms with van der Waals surface area (Å²) < 4.78 is 0. The van der Waals surface area contributed by atoms with Crippen molar-refractivity contribution in [3.8, 4) is 5.75 Å². The van der Waals surface area contributed by atoms with Gasteiger partial charge in [0.15, 0.2) is 5.78 Å². The second kappa shape index (κ2) is 3.95. The molecule has 0 spiro atoms. The number of rotatable bonds is 0. The van der Waals surface area contributed by atoms with Crippen LogP contribution in [0.5, 0.6) is 5.75 Å². The van der Waals surface area contributed by atoms with Crippen LogP contribution < -0.4 is 0 Å². The molecule has 1 fully saturated rings. The highest BCUT2D eigenvalue weighted by atomic mass is 16.3. The van der Waals surface area contributed by atoms with Gasteiger partial charge in [-0.3, -0.25) is 4.79 Å². The molecule has 3 nitrogen and oxygen atoms in total. The van der Waals surface area contributed by atoms with Gasteiger partial charge in [-0.1, -0.05) is 12.1 Å². The predicted molar refractivity (Wildman–Crippen MR) is 76.8 cm³/mol. The lowest BCUT2D eigenvalue weighted by Gasteiger charge is -2.56. The van der Waals surface area contributed by atoms with E-state index in [0.29, 0.717) is 24.1 Å². The Hall–Kier alpha value is -1.61. The van der Waals surface area contributed by atoms with Crippen LogP contribution in [0.25, 0.3) is 0 Å². The Morgan fingerprint density at radius 1 is 1.40 bits per heavy atom. The molecule has 0 saturated carbocycles. The minimum absolute atomic E-state index is 0.0880. The zero-order valence-corrected chi connectivity index (χ0v) is 11.7. The Morgan fingerprint density at radius 2 is 2.25 bits per heavy atom. The number of benzene rings is 1. The van der Waals surface area contributed by atoms with Crippen LogP contribution in [0.15, 0.2) is 30.4 Å². The van der Waals surface area contributed by atoms with E-state index in [1.807, 2.05) is 12.1 Å². The number of carbonyl (C=O) groups excluding carboxylic acids is 1. The highest BCUT2D eigenvalue weighted by Crippen LogP contribution is 2.53. The average molecular weight is 269 g/mol. The van der Waals surface area contributed by atoms with E-state index in [1.165, 1.54) is 11.1 Å². The minimum Gasteiger partial charge on any atom is -0.508 e. The van der Waals surface area contributed by atoms with Gasteiger partial charge in [-0.15, -0.1) is 0 Å². The molecular formula is C17H19NO2. The number of ketones is 1. The number of likely N-dealkylation sites (tertiary alicyclic amines) is 1. The topological polar surface area (TPSA) is 40.5 Å². The van der Waals surface area contributed by atoms with E-state index < -0.39 is 0 Å². The summed E-state index contributed by atoms with van der Waals surface area (Å²) in [6.45, 7) is 1.03. The third-order valence-electron chi connectivity index (χ3n) is 5.57. The van der Waals surface area contributed by atoms with Crippen LogP contribution in [0.1, 0.15) is 24.0 Å². The first-order chi connectivity index (χ1) is 9.60. The molecule has 2 bridgehead atoms. The quantitative estimate of drug-likeness (QED) is 0.783. The summed E-state index contributed by atoms with van der Waals surface area (Å²) >= 11 is 0. The summed E-state index contributed by atoms with van der Waals surface area (Å²) in [6, 6.07) is 6.19. The second-order valence-corrected chi connectivity index (χ2v) is 6.53. The monoisotopic (exact) mass is 269 g/mol. The standard InChI is InChI=1S/C17H19NO2/c1-18-7-6-17-10-13(20)4-5-14(17)16(18)8-11-2-3-12(19)9-15(11)17/h2-5,9,14,16,19H,6-8,10H2,1H3/t14-,16+,17-/m0/s1. The summed E-state index contributed by atoms with van der Waals surface area (Å²) in [4.78, 5) is 14.5. The van der Waals surface area contributed by atoms with Crippen LogP contribution in [0, 0.1) is 5.92 Å². The molecule has 1 N–H and O–H groups in total. The van der Waals surface area contributed by atoms with Gasteiger partial charge in [-0.05, 0) is 55.8 Å². The summed E-state index contributed by atoms with van der Waals surface area (Å²) in [5, 5.41) is 9.88.